The molecular formula is C17H15F4NO2. The van der Waals surface area contributed by atoms with Crippen LogP contribution in [0.3, 0.4) is 0 Å². The van der Waals surface area contributed by atoms with Gasteiger partial charge in [0.25, 0.3) is 0 Å². The molecule has 0 fully saturated rings. The van der Waals surface area contributed by atoms with E-state index in [-0.39, 0.29) is 13.1 Å². The summed E-state index contributed by atoms with van der Waals surface area (Å²) in [5, 5.41) is 10.1. The van der Waals surface area contributed by atoms with Gasteiger partial charge in [0.15, 0.2) is 17.4 Å². The van der Waals surface area contributed by atoms with Crippen LogP contribution in [0.5, 0.6) is 5.75 Å². The summed E-state index contributed by atoms with van der Waals surface area (Å²) < 4.78 is 60.1. The van der Waals surface area contributed by atoms with Crippen molar-refractivity contribution < 1.29 is 27.4 Å². The van der Waals surface area contributed by atoms with Crippen molar-refractivity contribution in [1.82, 2.24) is 4.90 Å². The van der Waals surface area contributed by atoms with E-state index in [2.05, 4.69) is 4.74 Å². The van der Waals surface area contributed by atoms with Gasteiger partial charge >= 0.3 is 0 Å². The molecule has 0 aliphatic carbocycles. The monoisotopic (exact) mass is 341 g/mol. The average molecular weight is 341 g/mol. The first kappa shape index (κ1) is 16.7. The van der Waals surface area contributed by atoms with Gasteiger partial charge in [0.05, 0.1) is 13.2 Å². The molecule has 0 radical (unpaired) electrons. The average Bonchev–Trinajstić information content (AvgIpc) is 2.58. The molecule has 1 heterocycles. The van der Waals surface area contributed by atoms with Gasteiger partial charge in [0.2, 0.25) is 11.6 Å². The number of aliphatic hydroxyl groups is 1. The van der Waals surface area contributed by atoms with Crippen molar-refractivity contribution in [3.63, 3.8) is 0 Å². The summed E-state index contributed by atoms with van der Waals surface area (Å²) in [5.74, 6) is -7.19. The van der Waals surface area contributed by atoms with Gasteiger partial charge in [-0.1, -0.05) is 24.3 Å². The van der Waals surface area contributed by atoms with Crippen LogP contribution in [-0.4, -0.2) is 23.7 Å². The predicted octanol–water partition coefficient (Wildman–Crippen LogP) is 3.30. The number of halogens is 4. The third kappa shape index (κ3) is 2.74. The number of hydrogen-bond acceptors (Lipinski definition) is 3. The van der Waals surface area contributed by atoms with Crippen LogP contribution in [0, 0.1) is 23.3 Å². The third-order valence-corrected chi connectivity index (χ3v) is 4.14. The van der Waals surface area contributed by atoms with Gasteiger partial charge < -0.3 is 9.84 Å². The summed E-state index contributed by atoms with van der Waals surface area (Å²) in [6.07, 6.45) is -0.839. The van der Waals surface area contributed by atoms with E-state index in [1.807, 2.05) is 0 Å². The van der Waals surface area contributed by atoms with Crippen LogP contribution in [0.4, 0.5) is 17.6 Å². The van der Waals surface area contributed by atoms with Gasteiger partial charge in [-0.2, -0.15) is 8.78 Å². The molecule has 3 rings (SSSR count). The molecule has 1 aliphatic heterocycles. The van der Waals surface area contributed by atoms with Crippen LogP contribution in [-0.2, 0) is 13.1 Å². The van der Waals surface area contributed by atoms with Crippen LogP contribution >= 0.6 is 0 Å². The molecule has 24 heavy (non-hydrogen) atoms. The van der Waals surface area contributed by atoms with E-state index in [0.29, 0.717) is 6.54 Å². The van der Waals surface area contributed by atoms with Crippen LogP contribution in [0.2, 0.25) is 0 Å². The Labute approximate surface area is 136 Å². The number of benzene rings is 2. The van der Waals surface area contributed by atoms with Gasteiger partial charge in [-0.3, -0.25) is 4.90 Å². The fraction of sp³-hybridized carbons (Fsp3) is 0.294. The smallest absolute Gasteiger partial charge is 0.204 e. The lowest BCUT2D eigenvalue weighted by molar-refractivity contribution is 0.0863. The summed E-state index contributed by atoms with van der Waals surface area (Å²) in [5.41, 5.74) is 0.811. The highest BCUT2D eigenvalue weighted by Gasteiger charge is 2.29. The number of fused-ring (bicyclic) bond motifs is 1. The summed E-state index contributed by atoms with van der Waals surface area (Å²) >= 11 is 0. The Morgan fingerprint density at radius 3 is 2.33 bits per heavy atom. The molecule has 2 aromatic carbocycles. The van der Waals surface area contributed by atoms with Crippen LogP contribution < -0.4 is 4.74 Å². The summed E-state index contributed by atoms with van der Waals surface area (Å²) in [7, 11) is 0.929. The Balaban J connectivity index is 1.93. The number of rotatable bonds is 3. The fourth-order valence-electron chi connectivity index (χ4n) is 2.97. The Morgan fingerprint density at radius 1 is 1.08 bits per heavy atom. The lowest BCUT2D eigenvalue weighted by Gasteiger charge is -2.32. The third-order valence-electron chi connectivity index (χ3n) is 4.14. The van der Waals surface area contributed by atoms with Crippen LogP contribution in [0.25, 0.3) is 0 Å². The first-order valence-electron chi connectivity index (χ1n) is 7.31. The first-order chi connectivity index (χ1) is 11.4. The highest BCUT2D eigenvalue weighted by molar-refractivity contribution is 5.35. The number of aliphatic hydroxyl groups excluding tert-OH is 1. The maximum absolute atomic E-state index is 14.1. The van der Waals surface area contributed by atoms with Crippen molar-refractivity contribution >= 4 is 0 Å². The normalized spacial score (nSPS) is 17.7. The second-order valence-corrected chi connectivity index (χ2v) is 5.65. The molecule has 0 spiro atoms. The zero-order valence-electron chi connectivity index (χ0n) is 12.8. The maximum Gasteiger partial charge on any atom is 0.204 e. The zero-order chi connectivity index (χ0) is 17.4. The Hall–Kier alpha value is -2.12. The van der Waals surface area contributed by atoms with E-state index in [0.717, 1.165) is 18.2 Å². The van der Waals surface area contributed by atoms with Crippen molar-refractivity contribution in [1.29, 1.82) is 0 Å². The number of methoxy groups -OCH3 is 1. The molecule has 1 N–H and O–H groups in total. The van der Waals surface area contributed by atoms with Gasteiger partial charge in [-0.15, -0.1) is 0 Å². The zero-order valence-corrected chi connectivity index (χ0v) is 12.8. The van der Waals surface area contributed by atoms with Gasteiger partial charge in [-0.25, -0.2) is 8.78 Å². The molecule has 0 bridgehead atoms. The van der Waals surface area contributed by atoms with Crippen molar-refractivity contribution in [3.05, 3.63) is 64.2 Å². The summed E-state index contributed by atoms with van der Waals surface area (Å²) in [6.45, 7) is 0.0352. The highest BCUT2D eigenvalue weighted by Crippen LogP contribution is 2.32. The van der Waals surface area contributed by atoms with Gasteiger partial charge in [-0.05, 0) is 11.1 Å². The van der Waals surface area contributed by atoms with Gasteiger partial charge in [0.1, 0.15) is 0 Å². The van der Waals surface area contributed by atoms with Crippen molar-refractivity contribution in [3.8, 4) is 5.75 Å². The SMILES string of the molecule is COc1c(F)c(F)c(CN2Cc3ccccc3[C@H](O)C2)c(F)c1F. The van der Waals surface area contributed by atoms with Crippen LogP contribution in [0.1, 0.15) is 22.8 Å². The number of hydrogen-bond donors (Lipinski definition) is 1. The molecule has 0 saturated heterocycles. The Morgan fingerprint density at radius 2 is 1.71 bits per heavy atom. The summed E-state index contributed by atoms with van der Waals surface area (Å²) in [6, 6.07) is 7.12. The Bertz CT molecular complexity index is 752. The van der Waals surface area contributed by atoms with Crippen molar-refractivity contribution in [2.24, 2.45) is 0 Å². The molecule has 3 nitrogen and oxygen atoms in total. The first-order valence-corrected chi connectivity index (χ1v) is 7.31. The maximum atomic E-state index is 14.1. The molecule has 0 aromatic heterocycles. The minimum atomic E-state index is -1.57. The quantitative estimate of drug-likeness (QED) is 0.687. The highest BCUT2D eigenvalue weighted by atomic mass is 19.2. The molecule has 0 unspecified atom stereocenters. The van der Waals surface area contributed by atoms with E-state index in [1.165, 1.54) is 4.90 Å². The van der Waals surface area contributed by atoms with E-state index in [4.69, 9.17) is 0 Å². The molecule has 1 atom stereocenters. The molecule has 7 heteroatoms. The largest absolute Gasteiger partial charge is 0.491 e. The van der Waals surface area contributed by atoms with Gasteiger partial charge in [0, 0.05) is 25.2 Å². The molecular weight excluding hydrogens is 326 g/mol. The fourth-order valence-corrected chi connectivity index (χ4v) is 2.97. The van der Waals surface area contributed by atoms with E-state index < -0.39 is 40.7 Å². The molecule has 2 aromatic rings. The lowest BCUT2D eigenvalue weighted by atomic mass is 9.97. The second-order valence-electron chi connectivity index (χ2n) is 5.65. The van der Waals surface area contributed by atoms with Crippen LogP contribution in [0.15, 0.2) is 24.3 Å². The van der Waals surface area contributed by atoms with E-state index >= 15 is 0 Å². The van der Waals surface area contributed by atoms with Crippen molar-refractivity contribution in [2.75, 3.05) is 13.7 Å². The topological polar surface area (TPSA) is 32.7 Å². The number of nitrogens with zero attached hydrogens (tertiary/aromatic N) is 1. The van der Waals surface area contributed by atoms with E-state index in [9.17, 15) is 22.7 Å². The molecule has 0 saturated carbocycles. The minimum absolute atomic E-state index is 0.102. The molecule has 0 amide bonds. The second kappa shape index (κ2) is 6.41. The number of ether oxygens (including phenoxy) is 1. The van der Waals surface area contributed by atoms with E-state index in [1.54, 1.807) is 24.3 Å². The molecule has 1 aliphatic rings. The number of β-amino-alcohol motifs (C(OH)–C–C–N with tert-alkyl or cyclic N) is 1. The minimum Gasteiger partial charge on any atom is -0.491 e. The lowest BCUT2D eigenvalue weighted by Crippen LogP contribution is -2.34. The predicted molar refractivity (Wildman–Crippen MR) is 78.3 cm³/mol. The molecule has 128 valence electrons. The standard InChI is InChI=1S/C17H15F4NO2/c1-24-17-15(20)13(18)11(14(19)16(17)21)7-22-6-9-4-2-3-5-10(9)12(23)8-22/h2-5,12,23H,6-8H2,1H3/t12-/m1/s1. The van der Waals surface area contributed by atoms with Crippen molar-refractivity contribution in [2.45, 2.75) is 19.2 Å². The Kier molecular flexibility index (Phi) is 4.47. The summed E-state index contributed by atoms with van der Waals surface area (Å²) in [4.78, 5) is 1.53.